The molecular weight excluding hydrogens is 318 g/mol. The lowest BCUT2D eigenvalue weighted by atomic mass is 10.1. The summed E-state index contributed by atoms with van der Waals surface area (Å²) in [6, 6.07) is 6.41. The van der Waals surface area contributed by atoms with Gasteiger partial charge in [0, 0.05) is 36.3 Å². The Bertz CT molecular complexity index is 553. The molecule has 1 heterocycles. The smallest absolute Gasteiger partial charge is 0.319 e. The number of hydrogen-bond acceptors (Lipinski definition) is 3. The van der Waals surface area contributed by atoms with Crippen LogP contribution in [0.1, 0.15) is 13.3 Å². The number of carbonyl (C=O) groups excluding carboxylic acids is 2. The van der Waals surface area contributed by atoms with Crippen LogP contribution >= 0.6 is 11.6 Å². The van der Waals surface area contributed by atoms with E-state index in [9.17, 15) is 9.59 Å². The summed E-state index contributed by atoms with van der Waals surface area (Å²) >= 11 is 5.85. The molecule has 0 radical (unpaired) electrons. The van der Waals surface area contributed by atoms with Crippen molar-refractivity contribution in [3.63, 3.8) is 0 Å². The fourth-order valence-electron chi connectivity index (χ4n) is 2.49. The van der Waals surface area contributed by atoms with Crippen LogP contribution in [0.2, 0.25) is 5.02 Å². The normalized spacial score (nSPS) is 17.1. The van der Waals surface area contributed by atoms with Gasteiger partial charge in [0.1, 0.15) is 0 Å². The molecule has 2 N–H and O–H groups in total. The molecule has 0 aliphatic carbocycles. The summed E-state index contributed by atoms with van der Waals surface area (Å²) in [4.78, 5) is 25.7. The quantitative estimate of drug-likeness (QED) is 0.835. The van der Waals surface area contributed by atoms with Gasteiger partial charge in [0.15, 0.2) is 0 Å². The second-order valence-corrected chi connectivity index (χ2v) is 5.91. The highest BCUT2D eigenvalue weighted by molar-refractivity contribution is 6.30. The van der Waals surface area contributed by atoms with Crippen LogP contribution in [0, 0.1) is 5.92 Å². The van der Waals surface area contributed by atoms with Gasteiger partial charge < -0.3 is 20.3 Å². The molecule has 1 aliphatic heterocycles. The van der Waals surface area contributed by atoms with Crippen LogP contribution in [0.3, 0.4) is 0 Å². The van der Waals surface area contributed by atoms with E-state index >= 15 is 0 Å². The van der Waals surface area contributed by atoms with E-state index in [-0.39, 0.29) is 12.5 Å². The highest BCUT2D eigenvalue weighted by Gasteiger charge is 2.26. The number of nitrogens with zero attached hydrogens (tertiary/aromatic N) is 1. The molecule has 0 aromatic heterocycles. The lowest BCUT2D eigenvalue weighted by Crippen LogP contribution is -2.40. The number of likely N-dealkylation sites (tertiary alicyclic amines) is 1. The van der Waals surface area contributed by atoms with Crippen LogP contribution in [0.15, 0.2) is 24.3 Å². The highest BCUT2D eigenvalue weighted by atomic mass is 35.5. The Morgan fingerprint density at radius 1 is 1.43 bits per heavy atom. The average molecular weight is 340 g/mol. The van der Waals surface area contributed by atoms with Crippen LogP contribution in [0.25, 0.3) is 0 Å². The van der Waals surface area contributed by atoms with Crippen LogP contribution in [-0.4, -0.2) is 49.7 Å². The van der Waals surface area contributed by atoms with Crippen molar-refractivity contribution in [1.29, 1.82) is 0 Å². The molecule has 3 amide bonds. The molecule has 0 bridgehead atoms. The molecule has 0 spiro atoms. The summed E-state index contributed by atoms with van der Waals surface area (Å²) in [6.07, 6.45) is 0.945. The first-order valence-electron chi connectivity index (χ1n) is 7.74. The first-order valence-corrected chi connectivity index (χ1v) is 8.12. The molecule has 7 heteroatoms. The SMILES string of the molecule is CCOC[C@@H]1CCN(C(=O)CNC(=O)Nc2cccc(Cl)c2)C1. The van der Waals surface area contributed by atoms with Gasteiger partial charge in [-0.25, -0.2) is 4.79 Å². The Morgan fingerprint density at radius 2 is 2.26 bits per heavy atom. The first kappa shape index (κ1) is 17.6. The first-order chi connectivity index (χ1) is 11.1. The molecular formula is C16H22ClN3O3. The van der Waals surface area contributed by atoms with Gasteiger partial charge in [-0.2, -0.15) is 0 Å². The van der Waals surface area contributed by atoms with Gasteiger partial charge in [-0.1, -0.05) is 17.7 Å². The molecule has 1 fully saturated rings. The number of anilines is 1. The summed E-state index contributed by atoms with van der Waals surface area (Å²) in [5.74, 6) is 0.310. The van der Waals surface area contributed by atoms with Crippen molar-refractivity contribution >= 4 is 29.2 Å². The molecule has 2 rings (SSSR count). The van der Waals surface area contributed by atoms with Crippen molar-refractivity contribution in [2.24, 2.45) is 5.92 Å². The average Bonchev–Trinajstić information content (AvgIpc) is 2.99. The summed E-state index contributed by atoms with van der Waals surface area (Å²) in [5, 5.41) is 5.75. The molecule has 1 aliphatic rings. The molecule has 23 heavy (non-hydrogen) atoms. The maximum Gasteiger partial charge on any atom is 0.319 e. The molecule has 0 saturated carbocycles. The number of urea groups is 1. The van der Waals surface area contributed by atoms with Gasteiger partial charge >= 0.3 is 6.03 Å². The van der Waals surface area contributed by atoms with Gasteiger partial charge in [0.05, 0.1) is 13.2 Å². The number of nitrogens with one attached hydrogen (secondary N) is 2. The molecule has 6 nitrogen and oxygen atoms in total. The molecule has 0 unspecified atom stereocenters. The topological polar surface area (TPSA) is 70.7 Å². The second kappa shape index (κ2) is 8.74. The predicted molar refractivity (Wildman–Crippen MR) is 89.7 cm³/mol. The number of halogens is 1. The fraction of sp³-hybridized carbons (Fsp3) is 0.500. The Morgan fingerprint density at radius 3 is 3.00 bits per heavy atom. The third-order valence-corrected chi connectivity index (χ3v) is 3.91. The van der Waals surface area contributed by atoms with E-state index in [0.29, 0.717) is 42.9 Å². The fourth-order valence-corrected chi connectivity index (χ4v) is 2.68. The third kappa shape index (κ3) is 5.73. The highest BCUT2D eigenvalue weighted by Crippen LogP contribution is 2.16. The zero-order chi connectivity index (χ0) is 16.7. The summed E-state index contributed by atoms with van der Waals surface area (Å²) in [5.41, 5.74) is 0.584. The van der Waals surface area contributed by atoms with Gasteiger partial charge in [-0.05, 0) is 31.5 Å². The minimum Gasteiger partial charge on any atom is -0.381 e. The van der Waals surface area contributed by atoms with Crippen molar-refractivity contribution in [3.05, 3.63) is 29.3 Å². The van der Waals surface area contributed by atoms with E-state index < -0.39 is 6.03 Å². The van der Waals surface area contributed by atoms with E-state index in [4.69, 9.17) is 16.3 Å². The Labute approximate surface area is 141 Å². The van der Waals surface area contributed by atoms with E-state index in [1.165, 1.54) is 0 Å². The van der Waals surface area contributed by atoms with Crippen molar-refractivity contribution in [3.8, 4) is 0 Å². The number of ether oxygens (including phenoxy) is 1. The maximum atomic E-state index is 12.1. The van der Waals surface area contributed by atoms with Crippen LogP contribution in [-0.2, 0) is 9.53 Å². The second-order valence-electron chi connectivity index (χ2n) is 5.47. The van der Waals surface area contributed by atoms with Gasteiger partial charge in [-0.15, -0.1) is 0 Å². The minimum absolute atomic E-state index is 0.0201. The van der Waals surface area contributed by atoms with Crippen LogP contribution in [0.4, 0.5) is 10.5 Å². The lowest BCUT2D eigenvalue weighted by molar-refractivity contribution is -0.129. The molecule has 1 aromatic rings. The van der Waals surface area contributed by atoms with E-state index in [2.05, 4.69) is 10.6 Å². The summed E-state index contributed by atoms with van der Waals surface area (Å²) in [6.45, 7) is 4.72. The largest absolute Gasteiger partial charge is 0.381 e. The number of amides is 3. The number of benzene rings is 1. The standard InChI is InChI=1S/C16H22ClN3O3/c1-2-23-11-12-6-7-20(10-12)15(21)9-18-16(22)19-14-5-3-4-13(17)8-14/h3-5,8,12H,2,6-7,9-11H2,1H3,(H2,18,19,22)/t12-/m1/s1. The number of carbonyl (C=O) groups is 2. The van der Waals surface area contributed by atoms with E-state index in [1.54, 1.807) is 29.2 Å². The number of rotatable bonds is 6. The number of hydrogen-bond donors (Lipinski definition) is 2. The third-order valence-electron chi connectivity index (χ3n) is 3.68. The van der Waals surface area contributed by atoms with Gasteiger partial charge in [0.25, 0.3) is 0 Å². The maximum absolute atomic E-state index is 12.1. The van der Waals surface area contributed by atoms with E-state index in [0.717, 1.165) is 6.42 Å². The molecule has 1 aromatic carbocycles. The van der Waals surface area contributed by atoms with Crippen molar-refractivity contribution < 1.29 is 14.3 Å². The van der Waals surface area contributed by atoms with Crippen LogP contribution in [0.5, 0.6) is 0 Å². The Kier molecular flexibility index (Phi) is 6.67. The lowest BCUT2D eigenvalue weighted by Gasteiger charge is -2.17. The van der Waals surface area contributed by atoms with Crippen molar-refractivity contribution in [2.45, 2.75) is 13.3 Å². The zero-order valence-electron chi connectivity index (χ0n) is 13.2. The van der Waals surface area contributed by atoms with Gasteiger partial charge in [0.2, 0.25) is 5.91 Å². The van der Waals surface area contributed by atoms with Gasteiger partial charge in [-0.3, -0.25) is 4.79 Å². The molecule has 1 atom stereocenters. The molecule has 126 valence electrons. The molecule has 1 saturated heterocycles. The van der Waals surface area contributed by atoms with Crippen LogP contribution < -0.4 is 10.6 Å². The van der Waals surface area contributed by atoms with Crippen molar-refractivity contribution in [2.75, 3.05) is 38.2 Å². The predicted octanol–water partition coefficient (Wildman–Crippen LogP) is 2.35. The van der Waals surface area contributed by atoms with E-state index in [1.807, 2.05) is 6.92 Å². The Hall–Kier alpha value is -1.79. The zero-order valence-corrected chi connectivity index (χ0v) is 13.9. The summed E-state index contributed by atoms with van der Waals surface area (Å²) < 4.78 is 5.39. The summed E-state index contributed by atoms with van der Waals surface area (Å²) in [7, 11) is 0. The van der Waals surface area contributed by atoms with Crippen molar-refractivity contribution in [1.82, 2.24) is 10.2 Å². The minimum atomic E-state index is -0.425. The monoisotopic (exact) mass is 339 g/mol. The Balaban J connectivity index is 1.71.